The van der Waals surface area contributed by atoms with E-state index in [4.69, 9.17) is 0 Å². The molecule has 0 radical (unpaired) electrons. The zero-order valence-electron chi connectivity index (χ0n) is 12.6. The number of hydrogen-bond donors (Lipinski definition) is 1. The standard InChI is InChI=1S/C18H21N3O/c22-18-16(20-17-10-4-5-12-19-17)11-14-21(18)13-6-9-15-7-2-1-3-8-15/h1-5,7-8,10,12,16H,6,9,11,13-14H2,(H,19,20). The number of anilines is 1. The molecule has 3 rings (SSSR count). The van der Waals surface area contributed by atoms with Crippen molar-refractivity contribution >= 4 is 11.7 Å². The highest BCUT2D eigenvalue weighted by Crippen LogP contribution is 2.16. The summed E-state index contributed by atoms with van der Waals surface area (Å²) in [6.45, 7) is 1.66. The van der Waals surface area contributed by atoms with E-state index in [-0.39, 0.29) is 11.9 Å². The fraction of sp³-hybridized carbons (Fsp3) is 0.333. The number of nitrogens with zero attached hydrogens (tertiary/aromatic N) is 2. The summed E-state index contributed by atoms with van der Waals surface area (Å²) < 4.78 is 0. The van der Waals surface area contributed by atoms with Gasteiger partial charge >= 0.3 is 0 Å². The van der Waals surface area contributed by atoms with Gasteiger partial charge in [-0.15, -0.1) is 0 Å². The summed E-state index contributed by atoms with van der Waals surface area (Å²) in [4.78, 5) is 18.6. The lowest BCUT2D eigenvalue weighted by molar-refractivity contribution is -0.128. The molecule has 2 heterocycles. The number of carbonyl (C=O) groups excluding carboxylic acids is 1. The molecule has 1 N–H and O–H groups in total. The molecule has 2 aromatic rings. The van der Waals surface area contributed by atoms with E-state index >= 15 is 0 Å². The maximum absolute atomic E-state index is 12.4. The third-order valence-corrected chi connectivity index (χ3v) is 4.02. The molecule has 22 heavy (non-hydrogen) atoms. The van der Waals surface area contributed by atoms with Crippen LogP contribution in [0.15, 0.2) is 54.7 Å². The first kappa shape index (κ1) is 14.6. The highest BCUT2D eigenvalue weighted by Gasteiger charge is 2.31. The minimum atomic E-state index is -0.133. The maximum Gasteiger partial charge on any atom is 0.245 e. The molecule has 1 atom stereocenters. The quantitative estimate of drug-likeness (QED) is 0.891. The van der Waals surface area contributed by atoms with Crippen molar-refractivity contribution < 1.29 is 4.79 Å². The van der Waals surface area contributed by atoms with Crippen molar-refractivity contribution in [2.24, 2.45) is 0 Å². The Morgan fingerprint density at radius 3 is 2.73 bits per heavy atom. The Kier molecular flexibility index (Phi) is 4.68. The Balaban J connectivity index is 1.47. The molecule has 1 amide bonds. The number of pyridine rings is 1. The zero-order chi connectivity index (χ0) is 15.2. The van der Waals surface area contributed by atoms with E-state index in [1.54, 1.807) is 6.20 Å². The minimum Gasteiger partial charge on any atom is -0.358 e. The molecular formula is C18H21N3O. The lowest BCUT2D eigenvalue weighted by atomic mass is 10.1. The Hall–Kier alpha value is -2.36. The van der Waals surface area contributed by atoms with Gasteiger partial charge in [0.15, 0.2) is 0 Å². The van der Waals surface area contributed by atoms with E-state index in [0.717, 1.165) is 38.2 Å². The van der Waals surface area contributed by atoms with Gasteiger partial charge in [0.2, 0.25) is 5.91 Å². The molecule has 1 saturated heterocycles. The van der Waals surface area contributed by atoms with Crippen LogP contribution in [0, 0.1) is 0 Å². The SMILES string of the molecule is O=C1C(Nc2ccccn2)CCN1CCCc1ccccc1. The summed E-state index contributed by atoms with van der Waals surface area (Å²) in [5, 5.41) is 3.23. The molecule has 1 aromatic carbocycles. The number of hydrogen-bond acceptors (Lipinski definition) is 3. The molecule has 4 heteroatoms. The lowest BCUT2D eigenvalue weighted by Gasteiger charge is -2.17. The van der Waals surface area contributed by atoms with Gasteiger partial charge in [-0.25, -0.2) is 4.98 Å². The van der Waals surface area contributed by atoms with Crippen LogP contribution >= 0.6 is 0 Å². The summed E-state index contributed by atoms with van der Waals surface area (Å²) in [6.07, 6.45) is 4.61. The molecule has 1 unspecified atom stereocenters. The summed E-state index contributed by atoms with van der Waals surface area (Å²) in [7, 11) is 0. The van der Waals surface area contributed by atoms with Crippen LogP contribution < -0.4 is 5.32 Å². The van der Waals surface area contributed by atoms with Crippen LogP contribution in [0.2, 0.25) is 0 Å². The first-order valence-electron chi connectivity index (χ1n) is 7.83. The molecule has 1 aliphatic heterocycles. The molecule has 0 bridgehead atoms. The largest absolute Gasteiger partial charge is 0.358 e. The van der Waals surface area contributed by atoms with Gasteiger partial charge in [0.05, 0.1) is 0 Å². The number of nitrogens with one attached hydrogen (secondary N) is 1. The molecule has 114 valence electrons. The topological polar surface area (TPSA) is 45.2 Å². The number of amides is 1. The van der Waals surface area contributed by atoms with Crippen molar-refractivity contribution in [3.63, 3.8) is 0 Å². The Bertz CT molecular complexity index is 600. The lowest BCUT2D eigenvalue weighted by Crippen LogP contribution is -2.34. The third kappa shape index (κ3) is 3.64. The van der Waals surface area contributed by atoms with E-state index in [0.29, 0.717) is 0 Å². The van der Waals surface area contributed by atoms with E-state index < -0.39 is 0 Å². The minimum absolute atomic E-state index is 0.133. The van der Waals surface area contributed by atoms with Crippen LogP contribution in [0.4, 0.5) is 5.82 Å². The fourth-order valence-corrected chi connectivity index (χ4v) is 2.84. The fourth-order valence-electron chi connectivity index (χ4n) is 2.84. The van der Waals surface area contributed by atoms with E-state index in [1.165, 1.54) is 5.56 Å². The van der Waals surface area contributed by atoms with Crippen LogP contribution in [0.5, 0.6) is 0 Å². The first-order valence-corrected chi connectivity index (χ1v) is 7.83. The number of rotatable bonds is 6. The van der Waals surface area contributed by atoms with Crippen molar-refractivity contribution in [1.29, 1.82) is 0 Å². The van der Waals surface area contributed by atoms with Gasteiger partial charge in [0, 0.05) is 19.3 Å². The molecule has 0 aliphatic carbocycles. The summed E-state index contributed by atoms with van der Waals surface area (Å²) in [5.41, 5.74) is 1.33. The highest BCUT2D eigenvalue weighted by molar-refractivity contribution is 5.86. The summed E-state index contributed by atoms with van der Waals surface area (Å²) in [5.74, 6) is 0.964. The van der Waals surface area contributed by atoms with Gasteiger partial charge in [0.1, 0.15) is 11.9 Å². The van der Waals surface area contributed by atoms with E-state index in [2.05, 4.69) is 34.6 Å². The predicted octanol–water partition coefficient (Wildman–Crippen LogP) is 2.73. The molecule has 0 saturated carbocycles. The molecule has 0 spiro atoms. The van der Waals surface area contributed by atoms with E-state index in [1.807, 2.05) is 29.2 Å². The average molecular weight is 295 g/mol. The van der Waals surface area contributed by atoms with Crippen molar-refractivity contribution in [2.45, 2.75) is 25.3 Å². The number of aromatic nitrogens is 1. The van der Waals surface area contributed by atoms with Gasteiger partial charge in [-0.05, 0) is 37.0 Å². The second kappa shape index (κ2) is 7.07. The van der Waals surface area contributed by atoms with Crippen LogP contribution in [0.25, 0.3) is 0 Å². The number of carbonyl (C=O) groups is 1. The third-order valence-electron chi connectivity index (χ3n) is 4.02. The second-order valence-corrected chi connectivity index (χ2v) is 5.62. The Morgan fingerprint density at radius 2 is 1.95 bits per heavy atom. The average Bonchev–Trinajstić information content (AvgIpc) is 2.90. The van der Waals surface area contributed by atoms with Gasteiger partial charge in [-0.1, -0.05) is 36.4 Å². The maximum atomic E-state index is 12.4. The van der Waals surface area contributed by atoms with Gasteiger partial charge in [0.25, 0.3) is 0 Å². The smallest absolute Gasteiger partial charge is 0.245 e. The van der Waals surface area contributed by atoms with Crippen molar-refractivity contribution in [3.05, 3.63) is 60.3 Å². The zero-order valence-corrected chi connectivity index (χ0v) is 12.6. The predicted molar refractivity (Wildman–Crippen MR) is 87.6 cm³/mol. The second-order valence-electron chi connectivity index (χ2n) is 5.62. The molecule has 4 nitrogen and oxygen atoms in total. The number of aryl methyl sites for hydroxylation is 1. The molecule has 1 aliphatic rings. The van der Waals surface area contributed by atoms with Crippen molar-refractivity contribution in [2.75, 3.05) is 18.4 Å². The van der Waals surface area contributed by atoms with Gasteiger partial charge in [-0.2, -0.15) is 0 Å². The van der Waals surface area contributed by atoms with Crippen LogP contribution in [0.1, 0.15) is 18.4 Å². The Morgan fingerprint density at radius 1 is 1.14 bits per heavy atom. The number of likely N-dealkylation sites (tertiary alicyclic amines) is 1. The monoisotopic (exact) mass is 295 g/mol. The van der Waals surface area contributed by atoms with Crippen molar-refractivity contribution in [1.82, 2.24) is 9.88 Å². The van der Waals surface area contributed by atoms with E-state index in [9.17, 15) is 4.79 Å². The molecule has 1 fully saturated rings. The van der Waals surface area contributed by atoms with Crippen molar-refractivity contribution in [3.8, 4) is 0 Å². The Labute approximate surface area is 131 Å². The van der Waals surface area contributed by atoms with Gasteiger partial charge < -0.3 is 10.2 Å². The van der Waals surface area contributed by atoms with Crippen LogP contribution in [0.3, 0.4) is 0 Å². The van der Waals surface area contributed by atoms with Crippen LogP contribution in [-0.2, 0) is 11.2 Å². The summed E-state index contributed by atoms with van der Waals surface area (Å²) >= 11 is 0. The highest BCUT2D eigenvalue weighted by atomic mass is 16.2. The van der Waals surface area contributed by atoms with Crippen LogP contribution in [-0.4, -0.2) is 34.9 Å². The summed E-state index contributed by atoms with van der Waals surface area (Å²) in [6, 6.07) is 16.0. The first-order chi connectivity index (χ1) is 10.8. The van der Waals surface area contributed by atoms with Gasteiger partial charge in [-0.3, -0.25) is 4.79 Å². The molecule has 1 aromatic heterocycles. The number of benzene rings is 1. The molecular weight excluding hydrogens is 274 g/mol. The normalized spacial score (nSPS) is 17.7.